The first-order valence-corrected chi connectivity index (χ1v) is 5.32. The van der Waals surface area contributed by atoms with Gasteiger partial charge >= 0.3 is 0 Å². The molecule has 0 spiro atoms. The topological polar surface area (TPSA) is 49.3 Å². The lowest BCUT2D eigenvalue weighted by Gasteiger charge is -2.17. The van der Waals surface area contributed by atoms with Crippen LogP contribution in [0.25, 0.3) is 0 Å². The molecule has 0 saturated heterocycles. The van der Waals surface area contributed by atoms with Gasteiger partial charge in [-0.2, -0.15) is 0 Å². The zero-order valence-corrected chi connectivity index (χ0v) is 9.23. The fourth-order valence-electron chi connectivity index (χ4n) is 2.01. The highest BCUT2D eigenvalue weighted by Gasteiger charge is 2.31. The molecule has 84 valence electrons. The molecule has 2 rings (SSSR count). The lowest BCUT2D eigenvalue weighted by Crippen LogP contribution is -2.34. The summed E-state index contributed by atoms with van der Waals surface area (Å²) in [5, 5.41) is 12.7. The smallest absolute Gasteiger partial charge is 0.246 e. The zero-order valence-electron chi connectivity index (χ0n) is 9.23. The summed E-state index contributed by atoms with van der Waals surface area (Å²) in [6, 6.07) is 7.46. The molecule has 0 aliphatic heterocycles. The minimum Gasteiger partial charge on any atom is -0.390 e. The summed E-state index contributed by atoms with van der Waals surface area (Å²) >= 11 is 0. The minimum atomic E-state index is -0.541. The summed E-state index contributed by atoms with van der Waals surface area (Å²) in [7, 11) is 0. The van der Waals surface area contributed by atoms with E-state index in [0.29, 0.717) is 12.0 Å². The molecule has 0 bridgehead atoms. The van der Waals surface area contributed by atoms with E-state index in [9.17, 15) is 9.90 Å². The molecule has 0 saturated carbocycles. The number of aliphatic hydroxyl groups is 1. The van der Waals surface area contributed by atoms with Crippen molar-refractivity contribution in [2.24, 2.45) is 0 Å². The van der Waals surface area contributed by atoms with Crippen LogP contribution in [0.3, 0.4) is 0 Å². The van der Waals surface area contributed by atoms with E-state index in [0.717, 1.165) is 11.1 Å². The standard InChI is InChI=1S/C13H15NO2/c1-8(2)13(16)14-12-10-6-4-3-5-9(10)7-11(12)15/h3-6,11-12,15H,1,7H2,2H3,(H,14,16)/t11-,12+/m0/s1. The van der Waals surface area contributed by atoms with Crippen LogP contribution in [-0.4, -0.2) is 17.1 Å². The molecule has 0 radical (unpaired) electrons. The van der Waals surface area contributed by atoms with Gasteiger partial charge in [0.1, 0.15) is 0 Å². The van der Waals surface area contributed by atoms with Crippen LogP contribution in [-0.2, 0) is 11.2 Å². The summed E-state index contributed by atoms with van der Waals surface area (Å²) < 4.78 is 0. The predicted molar refractivity (Wildman–Crippen MR) is 61.9 cm³/mol. The maximum Gasteiger partial charge on any atom is 0.246 e. The number of fused-ring (bicyclic) bond motifs is 1. The van der Waals surface area contributed by atoms with Gasteiger partial charge in [0.05, 0.1) is 12.1 Å². The molecule has 1 aliphatic carbocycles. The van der Waals surface area contributed by atoms with Crippen LogP contribution in [0.4, 0.5) is 0 Å². The third-order valence-corrected chi connectivity index (χ3v) is 2.88. The second-order valence-corrected chi connectivity index (χ2v) is 4.20. The number of hydrogen-bond donors (Lipinski definition) is 2. The van der Waals surface area contributed by atoms with Gasteiger partial charge in [-0.05, 0) is 18.1 Å². The number of carbonyl (C=O) groups is 1. The van der Waals surface area contributed by atoms with Gasteiger partial charge in [0.15, 0.2) is 0 Å². The van der Waals surface area contributed by atoms with E-state index in [1.54, 1.807) is 6.92 Å². The summed E-state index contributed by atoms with van der Waals surface area (Å²) in [5.74, 6) is -0.208. The summed E-state index contributed by atoms with van der Waals surface area (Å²) in [5.41, 5.74) is 2.56. The lowest BCUT2D eigenvalue weighted by molar-refractivity contribution is -0.118. The summed E-state index contributed by atoms with van der Waals surface area (Å²) in [4.78, 5) is 11.5. The number of carbonyl (C=O) groups excluding carboxylic acids is 1. The van der Waals surface area contributed by atoms with Crippen molar-refractivity contribution in [3.8, 4) is 0 Å². The lowest BCUT2D eigenvalue weighted by atomic mass is 10.1. The van der Waals surface area contributed by atoms with Crippen LogP contribution < -0.4 is 5.32 Å². The van der Waals surface area contributed by atoms with Crippen molar-refractivity contribution in [2.75, 3.05) is 0 Å². The van der Waals surface area contributed by atoms with Crippen molar-refractivity contribution in [3.63, 3.8) is 0 Å². The molecule has 0 heterocycles. The van der Waals surface area contributed by atoms with Crippen molar-refractivity contribution in [2.45, 2.75) is 25.5 Å². The maximum atomic E-state index is 11.5. The number of hydrogen-bond acceptors (Lipinski definition) is 2. The average molecular weight is 217 g/mol. The van der Waals surface area contributed by atoms with E-state index in [1.807, 2.05) is 24.3 Å². The number of benzene rings is 1. The number of rotatable bonds is 2. The Hall–Kier alpha value is -1.61. The second-order valence-electron chi connectivity index (χ2n) is 4.20. The van der Waals surface area contributed by atoms with E-state index in [1.165, 1.54) is 0 Å². The molecule has 1 aliphatic rings. The molecule has 3 nitrogen and oxygen atoms in total. The predicted octanol–water partition coefficient (Wildman–Crippen LogP) is 1.34. The molecule has 0 aromatic heterocycles. The Balaban J connectivity index is 2.22. The Bertz CT molecular complexity index is 439. The first-order valence-electron chi connectivity index (χ1n) is 5.32. The normalized spacial score (nSPS) is 22.6. The number of aliphatic hydroxyl groups excluding tert-OH is 1. The van der Waals surface area contributed by atoms with Gasteiger partial charge in [0.25, 0.3) is 0 Å². The second kappa shape index (κ2) is 4.10. The Morgan fingerprint density at radius 2 is 2.19 bits per heavy atom. The summed E-state index contributed by atoms with van der Waals surface area (Å²) in [6.45, 7) is 5.24. The Morgan fingerprint density at radius 3 is 2.88 bits per heavy atom. The SMILES string of the molecule is C=C(C)C(=O)N[C@@H]1c2ccccc2C[C@@H]1O. The molecular weight excluding hydrogens is 202 g/mol. The maximum absolute atomic E-state index is 11.5. The van der Waals surface area contributed by atoms with Crippen LogP contribution in [0.5, 0.6) is 0 Å². The van der Waals surface area contributed by atoms with E-state index >= 15 is 0 Å². The molecule has 0 unspecified atom stereocenters. The van der Waals surface area contributed by atoms with Crippen molar-refractivity contribution in [3.05, 3.63) is 47.5 Å². The molecule has 1 amide bonds. The Morgan fingerprint density at radius 1 is 1.50 bits per heavy atom. The number of amides is 1. The van der Waals surface area contributed by atoms with Gasteiger partial charge in [-0.25, -0.2) is 0 Å². The van der Waals surface area contributed by atoms with Gasteiger partial charge in [-0.3, -0.25) is 4.79 Å². The minimum absolute atomic E-state index is 0.208. The molecule has 2 atom stereocenters. The van der Waals surface area contributed by atoms with Crippen molar-refractivity contribution in [1.82, 2.24) is 5.32 Å². The van der Waals surface area contributed by atoms with E-state index in [-0.39, 0.29) is 11.9 Å². The molecule has 16 heavy (non-hydrogen) atoms. The van der Waals surface area contributed by atoms with Crippen molar-refractivity contribution in [1.29, 1.82) is 0 Å². The van der Waals surface area contributed by atoms with E-state index in [2.05, 4.69) is 11.9 Å². The Kier molecular flexibility index (Phi) is 2.79. The first kappa shape index (κ1) is 10.9. The molecular formula is C13H15NO2. The van der Waals surface area contributed by atoms with Crippen LogP contribution in [0.2, 0.25) is 0 Å². The van der Waals surface area contributed by atoms with Gasteiger partial charge in [-0.1, -0.05) is 30.8 Å². The van der Waals surface area contributed by atoms with Crippen molar-refractivity contribution < 1.29 is 9.90 Å². The molecule has 2 N–H and O–H groups in total. The van der Waals surface area contributed by atoms with Crippen LogP contribution >= 0.6 is 0 Å². The number of nitrogens with one attached hydrogen (secondary N) is 1. The average Bonchev–Trinajstić information content (AvgIpc) is 2.55. The van der Waals surface area contributed by atoms with E-state index in [4.69, 9.17) is 0 Å². The highest BCUT2D eigenvalue weighted by molar-refractivity contribution is 5.92. The van der Waals surface area contributed by atoms with Gasteiger partial charge < -0.3 is 10.4 Å². The van der Waals surface area contributed by atoms with Crippen LogP contribution in [0, 0.1) is 0 Å². The van der Waals surface area contributed by atoms with E-state index < -0.39 is 6.10 Å². The third-order valence-electron chi connectivity index (χ3n) is 2.88. The fraction of sp³-hybridized carbons (Fsp3) is 0.308. The quantitative estimate of drug-likeness (QED) is 0.734. The summed E-state index contributed by atoms with van der Waals surface area (Å²) in [6.07, 6.45) is 0.0535. The van der Waals surface area contributed by atoms with Gasteiger partial charge in [0, 0.05) is 12.0 Å². The molecule has 3 heteroatoms. The van der Waals surface area contributed by atoms with Crippen molar-refractivity contribution >= 4 is 5.91 Å². The van der Waals surface area contributed by atoms with Crippen LogP contribution in [0.15, 0.2) is 36.4 Å². The molecule has 0 fully saturated rings. The van der Waals surface area contributed by atoms with Gasteiger partial charge in [-0.15, -0.1) is 0 Å². The van der Waals surface area contributed by atoms with Crippen LogP contribution in [0.1, 0.15) is 24.1 Å². The largest absolute Gasteiger partial charge is 0.390 e. The zero-order chi connectivity index (χ0) is 11.7. The monoisotopic (exact) mass is 217 g/mol. The highest BCUT2D eigenvalue weighted by Crippen LogP contribution is 2.31. The Labute approximate surface area is 94.8 Å². The first-order chi connectivity index (χ1) is 7.59. The third kappa shape index (κ3) is 1.86. The van der Waals surface area contributed by atoms with Gasteiger partial charge in [0.2, 0.25) is 5.91 Å². The molecule has 1 aromatic carbocycles. The fourth-order valence-corrected chi connectivity index (χ4v) is 2.01. The molecule has 1 aromatic rings. The highest BCUT2D eigenvalue weighted by atomic mass is 16.3.